The second kappa shape index (κ2) is 11.1. The number of aliphatic imine (C=N–C) groups is 1. The van der Waals surface area contributed by atoms with E-state index in [0.29, 0.717) is 23.9 Å². The molecular weight excluding hydrogens is 317 g/mol. The summed E-state index contributed by atoms with van der Waals surface area (Å²) in [4.78, 5) is 4.68. The van der Waals surface area contributed by atoms with E-state index in [0.717, 1.165) is 30.9 Å². The first-order chi connectivity index (χ1) is 11.9. The lowest BCUT2D eigenvalue weighted by Crippen LogP contribution is -2.39. The van der Waals surface area contributed by atoms with Crippen LogP contribution < -0.4 is 10.6 Å². The van der Waals surface area contributed by atoms with Crippen molar-refractivity contribution in [3.8, 4) is 0 Å². The van der Waals surface area contributed by atoms with Crippen molar-refractivity contribution < 1.29 is 9.50 Å². The lowest BCUT2D eigenvalue weighted by atomic mass is 9.94. The van der Waals surface area contributed by atoms with Crippen LogP contribution in [0.1, 0.15) is 57.7 Å². The number of aliphatic hydroxyl groups is 1. The summed E-state index contributed by atoms with van der Waals surface area (Å²) in [7, 11) is 0. The largest absolute Gasteiger partial charge is 0.396 e. The van der Waals surface area contributed by atoms with E-state index in [2.05, 4.69) is 29.5 Å². The quantitative estimate of drug-likeness (QED) is 0.468. The average Bonchev–Trinajstić information content (AvgIpc) is 2.54. The Morgan fingerprint density at radius 2 is 2.00 bits per heavy atom. The zero-order valence-electron chi connectivity index (χ0n) is 16.3. The molecule has 0 heterocycles. The molecule has 1 aromatic rings. The first-order valence-corrected chi connectivity index (χ1v) is 9.29. The summed E-state index contributed by atoms with van der Waals surface area (Å²) in [5, 5.41) is 15.8. The van der Waals surface area contributed by atoms with Crippen LogP contribution in [0.2, 0.25) is 0 Å². The number of hydrogen-bond donors (Lipinski definition) is 3. The number of guanidine groups is 1. The molecule has 25 heavy (non-hydrogen) atoms. The van der Waals surface area contributed by atoms with Gasteiger partial charge in [-0.3, -0.25) is 4.99 Å². The van der Waals surface area contributed by atoms with Crippen LogP contribution >= 0.6 is 0 Å². The van der Waals surface area contributed by atoms with Crippen molar-refractivity contribution in [2.75, 3.05) is 19.7 Å². The summed E-state index contributed by atoms with van der Waals surface area (Å²) in [6, 6.07) is 5.26. The molecule has 0 aliphatic rings. The lowest BCUT2D eigenvalue weighted by Gasteiger charge is -2.20. The number of nitrogens with zero attached hydrogens (tertiary/aromatic N) is 1. The fraction of sp³-hybridized carbons (Fsp3) is 0.650. The molecule has 0 radical (unpaired) electrons. The van der Waals surface area contributed by atoms with E-state index in [1.807, 2.05) is 19.9 Å². The van der Waals surface area contributed by atoms with Crippen molar-refractivity contribution in [3.63, 3.8) is 0 Å². The van der Waals surface area contributed by atoms with Gasteiger partial charge in [-0.15, -0.1) is 0 Å². The van der Waals surface area contributed by atoms with Crippen molar-refractivity contribution in [3.05, 3.63) is 35.1 Å². The summed E-state index contributed by atoms with van der Waals surface area (Å²) >= 11 is 0. The van der Waals surface area contributed by atoms with Crippen LogP contribution in [0.5, 0.6) is 0 Å². The molecule has 0 aliphatic heterocycles. The fourth-order valence-electron chi connectivity index (χ4n) is 2.84. The highest BCUT2D eigenvalue weighted by Gasteiger charge is 2.13. The van der Waals surface area contributed by atoms with E-state index < -0.39 is 0 Å². The van der Waals surface area contributed by atoms with Crippen molar-refractivity contribution >= 4 is 5.96 Å². The smallest absolute Gasteiger partial charge is 0.191 e. The minimum Gasteiger partial charge on any atom is -0.396 e. The van der Waals surface area contributed by atoms with Gasteiger partial charge in [0.2, 0.25) is 0 Å². The second-order valence-electron chi connectivity index (χ2n) is 7.10. The van der Waals surface area contributed by atoms with Crippen LogP contribution in [-0.2, 0) is 0 Å². The minimum atomic E-state index is -0.187. The molecule has 0 saturated carbocycles. The Kier molecular flexibility index (Phi) is 9.50. The third-order valence-corrected chi connectivity index (χ3v) is 4.24. The fourth-order valence-corrected chi connectivity index (χ4v) is 2.84. The number of rotatable bonds is 9. The van der Waals surface area contributed by atoms with Crippen molar-refractivity contribution in [1.29, 1.82) is 0 Å². The topological polar surface area (TPSA) is 56.7 Å². The van der Waals surface area contributed by atoms with E-state index in [4.69, 9.17) is 0 Å². The number of aliphatic hydroxyl groups excluding tert-OH is 1. The van der Waals surface area contributed by atoms with Gasteiger partial charge in [0.25, 0.3) is 0 Å². The van der Waals surface area contributed by atoms with E-state index >= 15 is 0 Å². The Morgan fingerprint density at radius 3 is 2.56 bits per heavy atom. The van der Waals surface area contributed by atoms with Crippen LogP contribution in [-0.4, -0.2) is 30.8 Å². The molecule has 5 heteroatoms. The molecule has 0 bridgehead atoms. The number of hydrogen-bond acceptors (Lipinski definition) is 2. The molecule has 0 aromatic heterocycles. The first-order valence-electron chi connectivity index (χ1n) is 9.29. The number of aryl methyl sites for hydroxylation is 1. The molecule has 0 aliphatic carbocycles. The third kappa shape index (κ3) is 7.86. The standard InChI is InChI=1S/C20H34FN3O/c1-6-22-20(23-13-17(9-10-25)11-14(2)3)24-16(5)18-8-7-15(4)19(21)12-18/h7-8,12,14,16-17,25H,6,9-11,13H2,1-5H3,(H2,22,23,24). The van der Waals surface area contributed by atoms with Crippen molar-refractivity contribution in [1.82, 2.24) is 10.6 Å². The maximum atomic E-state index is 13.8. The highest BCUT2D eigenvalue weighted by Crippen LogP contribution is 2.17. The lowest BCUT2D eigenvalue weighted by molar-refractivity contribution is 0.245. The van der Waals surface area contributed by atoms with Gasteiger partial charge >= 0.3 is 0 Å². The molecule has 1 aromatic carbocycles. The first kappa shape index (κ1) is 21.4. The molecule has 0 amide bonds. The van der Waals surface area contributed by atoms with Gasteiger partial charge in [0.15, 0.2) is 5.96 Å². The highest BCUT2D eigenvalue weighted by atomic mass is 19.1. The van der Waals surface area contributed by atoms with Crippen molar-refractivity contribution in [2.24, 2.45) is 16.8 Å². The summed E-state index contributed by atoms with van der Waals surface area (Å²) in [5.41, 5.74) is 1.54. The van der Waals surface area contributed by atoms with Crippen LogP contribution in [0, 0.1) is 24.6 Å². The monoisotopic (exact) mass is 351 g/mol. The molecule has 4 nitrogen and oxygen atoms in total. The minimum absolute atomic E-state index is 0.0470. The summed E-state index contributed by atoms with van der Waals surface area (Å²) in [5.74, 6) is 1.49. The maximum Gasteiger partial charge on any atom is 0.191 e. The molecule has 3 N–H and O–H groups in total. The predicted molar refractivity (Wildman–Crippen MR) is 103 cm³/mol. The molecule has 0 spiro atoms. The number of benzene rings is 1. The normalized spacial score (nSPS) is 14.5. The Morgan fingerprint density at radius 1 is 1.28 bits per heavy atom. The zero-order valence-corrected chi connectivity index (χ0v) is 16.3. The van der Waals surface area contributed by atoms with Gasteiger partial charge in [-0.25, -0.2) is 4.39 Å². The van der Waals surface area contributed by atoms with Gasteiger partial charge in [-0.05, 0) is 62.6 Å². The Hall–Kier alpha value is -1.62. The van der Waals surface area contributed by atoms with E-state index in [1.165, 1.54) is 0 Å². The molecule has 2 atom stereocenters. The van der Waals surface area contributed by atoms with E-state index in [-0.39, 0.29) is 18.5 Å². The molecule has 1 rings (SSSR count). The SMILES string of the molecule is CCNC(=NCC(CCO)CC(C)C)NC(C)c1ccc(C)c(F)c1. The zero-order chi connectivity index (χ0) is 18.8. The van der Waals surface area contributed by atoms with Gasteiger partial charge in [0.05, 0.1) is 6.04 Å². The number of halogens is 1. The van der Waals surface area contributed by atoms with Crippen LogP contribution in [0.25, 0.3) is 0 Å². The third-order valence-electron chi connectivity index (χ3n) is 4.24. The van der Waals surface area contributed by atoms with Crippen LogP contribution in [0.3, 0.4) is 0 Å². The Bertz CT molecular complexity index is 546. The van der Waals surface area contributed by atoms with E-state index in [9.17, 15) is 9.50 Å². The molecule has 2 unspecified atom stereocenters. The van der Waals surface area contributed by atoms with Crippen LogP contribution in [0.15, 0.2) is 23.2 Å². The van der Waals surface area contributed by atoms with Gasteiger partial charge in [-0.2, -0.15) is 0 Å². The summed E-state index contributed by atoms with van der Waals surface area (Å²) in [6.07, 6.45) is 1.81. The number of nitrogens with one attached hydrogen (secondary N) is 2. The van der Waals surface area contributed by atoms with E-state index in [1.54, 1.807) is 19.1 Å². The molecule has 142 valence electrons. The average molecular weight is 352 g/mol. The van der Waals surface area contributed by atoms with Gasteiger partial charge in [0.1, 0.15) is 5.82 Å². The van der Waals surface area contributed by atoms with Crippen molar-refractivity contribution in [2.45, 2.75) is 53.5 Å². The van der Waals surface area contributed by atoms with Gasteiger partial charge < -0.3 is 15.7 Å². The summed E-state index contributed by atoms with van der Waals surface area (Å²) in [6.45, 7) is 11.8. The molecule has 0 saturated heterocycles. The van der Waals surface area contributed by atoms with Gasteiger partial charge in [-0.1, -0.05) is 26.0 Å². The molecule has 0 fully saturated rings. The maximum absolute atomic E-state index is 13.8. The molecular formula is C20H34FN3O. The highest BCUT2D eigenvalue weighted by molar-refractivity contribution is 5.80. The predicted octanol–water partition coefficient (Wildman–Crippen LogP) is 3.79. The Balaban J connectivity index is 2.77. The van der Waals surface area contributed by atoms with Gasteiger partial charge in [0, 0.05) is 19.7 Å². The van der Waals surface area contributed by atoms with Crippen LogP contribution in [0.4, 0.5) is 4.39 Å². The summed E-state index contributed by atoms with van der Waals surface area (Å²) < 4.78 is 13.8. The Labute approximate surface area is 151 Å². The second-order valence-corrected chi connectivity index (χ2v) is 7.10.